The molecular weight excluding hydrogens is 206 g/mol. The number of hydrogen-bond donors (Lipinski definition) is 1. The Labute approximate surface area is 85.1 Å². The van der Waals surface area contributed by atoms with Gasteiger partial charge in [0.15, 0.2) is 5.69 Å². The quantitative estimate of drug-likeness (QED) is 0.818. The van der Waals surface area contributed by atoms with Crippen molar-refractivity contribution in [2.45, 2.75) is 12.8 Å². The molecule has 1 heterocycles. The molecule has 0 unspecified atom stereocenters. The summed E-state index contributed by atoms with van der Waals surface area (Å²) in [6, 6.07) is 2.74. The lowest BCUT2D eigenvalue weighted by Gasteiger charge is -2.15. The van der Waals surface area contributed by atoms with Crippen LogP contribution in [0.5, 0.6) is 5.75 Å². The van der Waals surface area contributed by atoms with Gasteiger partial charge < -0.3 is 10.5 Å². The molecule has 82 valence electrons. The van der Waals surface area contributed by atoms with E-state index in [4.69, 9.17) is 4.74 Å². The maximum absolute atomic E-state index is 13.2. The summed E-state index contributed by atoms with van der Waals surface area (Å²) < 4.78 is 31.4. The number of nitrogens with two attached hydrogens (primary N) is 1. The van der Waals surface area contributed by atoms with Gasteiger partial charge >= 0.3 is 5.92 Å². The molecule has 0 atom stereocenters. The fourth-order valence-corrected chi connectivity index (χ4v) is 1.02. The molecule has 15 heavy (non-hydrogen) atoms. The number of rotatable bonds is 4. The van der Waals surface area contributed by atoms with Crippen LogP contribution in [0, 0.1) is 0 Å². The Kier molecular flexibility index (Phi) is 3.18. The summed E-state index contributed by atoms with van der Waals surface area (Å²) in [5, 5.41) is 0. The number of amides is 1. The van der Waals surface area contributed by atoms with Crippen LogP contribution >= 0.6 is 0 Å². The van der Waals surface area contributed by atoms with Crippen molar-refractivity contribution in [3.05, 3.63) is 24.0 Å². The van der Waals surface area contributed by atoms with Gasteiger partial charge in [-0.05, 0) is 19.1 Å². The van der Waals surface area contributed by atoms with Gasteiger partial charge in [-0.2, -0.15) is 8.78 Å². The molecule has 4 nitrogen and oxygen atoms in total. The zero-order valence-corrected chi connectivity index (χ0v) is 8.04. The minimum Gasteiger partial charge on any atom is -0.492 e. The number of pyridine rings is 1. The van der Waals surface area contributed by atoms with Crippen LogP contribution in [0.2, 0.25) is 0 Å². The van der Waals surface area contributed by atoms with Gasteiger partial charge in [-0.3, -0.25) is 9.78 Å². The van der Waals surface area contributed by atoms with Crippen molar-refractivity contribution in [3.8, 4) is 5.75 Å². The molecule has 0 aromatic carbocycles. The van der Waals surface area contributed by atoms with E-state index in [9.17, 15) is 13.6 Å². The van der Waals surface area contributed by atoms with E-state index >= 15 is 0 Å². The standard InChI is InChI=1S/C9H10F2N2O2/c1-2-15-6-4-3-5-13-7(6)9(10,11)8(12)14/h3-5H,2H2,1H3,(H2,12,14). The van der Waals surface area contributed by atoms with Crippen LogP contribution in [0.4, 0.5) is 8.78 Å². The lowest BCUT2D eigenvalue weighted by Crippen LogP contribution is -2.34. The van der Waals surface area contributed by atoms with Crippen molar-refractivity contribution in [3.63, 3.8) is 0 Å². The molecular formula is C9H10F2N2O2. The highest BCUT2D eigenvalue weighted by Crippen LogP contribution is 2.32. The van der Waals surface area contributed by atoms with Crippen LogP contribution in [-0.4, -0.2) is 17.5 Å². The van der Waals surface area contributed by atoms with Crippen molar-refractivity contribution in [2.24, 2.45) is 5.73 Å². The predicted octanol–water partition coefficient (Wildman–Crippen LogP) is 1.06. The van der Waals surface area contributed by atoms with E-state index in [1.54, 1.807) is 6.92 Å². The Morgan fingerprint density at radius 2 is 2.33 bits per heavy atom. The Bertz CT molecular complexity index is 369. The zero-order chi connectivity index (χ0) is 11.5. The summed E-state index contributed by atoms with van der Waals surface area (Å²) in [7, 11) is 0. The molecule has 0 saturated heterocycles. The van der Waals surface area contributed by atoms with E-state index in [1.807, 2.05) is 0 Å². The van der Waals surface area contributed by atoms with Crippen LogP contribution in [0.15, 0.2) is 18.3 Å². The fraction of sp³-hybridized carbons (Fsp3) is 0.333. The maximum atomic E-state index is 13.2. The highest BCUT2D eigenvalue weighted by molar-refractivity contribution is 5.83. The number of ether oxygens (including phenoxy) is 1. The third-order valence-electron chi connectivity index (χ3n) is 1.68. The van der Waals surface area contributed by atoms with Gasteiger partial charge in [-0.25, -0.2) is 0 Å². The lowest BCUT2D eigenvalue weighted by molar-refractivity contribution is -0.144. The van der Waals surface area contributed by atoms with Gasteiger partial charge in [-0.15, -0.1) is 0 Å². The fourth-order valence-electron chi connectivity index (χ4n) is 1.02. The number of primary amides is 1. The molecule has 2 N–H and O–H groups in total. The summed E-state index contributed by atoms with van der Waals surface area (Å²) in [5.41, 5.74) is 3.83. The topological polar surface area (TPSA) is 65.2 Å². The summed E-state index contributed by atoms with van der Waals surface area (Å²) in [4.78, 5) is 14.0. The van der Waals surface area contributed by atoms with Crippen molar-refractivity contribution in [2.75, 3.05) is 6.61 Å². The molecule has 0 aliphatic carbocycles. The molecule has 0 aliphatic heterocycles. The van der Waals surface area contributed by atoms with Crippen LogP contribution < -0.4 is 10.5 Å². The number of carbonyl (C=O) groups is 1. The molecule has 0 spiro atoms. The lowest BCUT2D eigenvalue weighted by atomic mass is 10.2. The van der Waals surface area contributed by atoms with Crippen molar-refractivity contribution in [1.29, 1.82) is 0 Å². The van der Waals surface area contributed by atoms with Crippen molar-refractivity contribution >= 4 is 5.91 Å². The summed E-state index contributed by atoms with van der Waals surface area (Å²) in [5.74, 6) is -5.70. The highest BCUT2D eigenvalue weighted by Gasteiger charge is 2.43. The van der Waals surface area contributed by atoms with Crippen LogP contribution in [-0.2, 0) is 10.7 Å². The van der Waals surface area contributed by atoms with Gasteiger partial charge in [0.1, 0.15) is 5.75 Å². The number of halogens is 2. The number of hydrogen-bond acceptors (Lipinski definition) is 3. The van der Waals surface area contributed by atoms with Crippen LogP contribution in [0.3, 0.4) is 0 Å². The minimum absolute atomic E-state index is 0.135. The average Bonchev–Trinajstić information content (AvgIpc) is 2.18. The first kappa shape index (κ1) is 11.4. The third-order valence-corrected chi connectivity index (χ3v) is 1.68. The van der Waals surface area contributed by atoms with Crippen molar-refractivity contribution in [1.82, 2.24) is 4.98 Å². The van der Waals surface area contributed by atoms with Gasteiger partial charge in [0.25, 0.3) is 5.91 Å². The van der Waals surface area contributed by atoms with E-state index in [-0.39, 0.29) is 12.4 Å². The van der Waals surface area contributed by atoms with E-state index in [2.05, 4.69) is 10.7 Å². The molecule has 1 amide bonds. The summed E-state index contributed by atoms with van der Waals surface area (Å²) in [6.07, 6.45) is 1.15. The normalized spacial score (nSPS) is 11.1. The predicted molar refractivity (Wildman–Crippen MR) is 48.5 cm³/mol. The Hall–Kier alpha value is -1.72. The molecule has 1 rings (SSSR count). The number of carbonyl (C=O) groups excluding carboxylic acids is 1. The Morgan fingerprint density at radius 1 is 1.67 bits per heavy atom. The monoisotopic (exact) mass is 216 g/mol. The van der Waals surface area contributed by atoms with Crippen molar-refractivity contribution < 1.29 is 18.3 Å². The van der Waals surface area contributed by atoms with Gasteiger partial charge in [-0.1, -0.05) is 0 Å². The van der Waals surface area contributed by atoms with Gasteiger partial charge in [0.2, 0.25) is 0 Å². The first-order chi connectivity index (χ1) is 7.00. The maximum Gasteiger partial charge on any atom is 0.369 e. The number of alkyl halides is 2. The minimum atomic E-state index is -3.81. The highest BCUT2D eigenvalue weighted by atomic mass is 19.3. The second-order valence-corrected chi connectivity index (χ2v) is 2.72. The van der Waals surface area contributed by atoms with E-state index in [0.29, 0.717) is 0 Å². The summed E-state index contributed by atoms with van der Waals surface area (Å²) >= 11 is 0. The first-order valence-electron chi connectivity index (χ1n) is 4.26. The first-order valence-corrected chi connectivity index (χ1v) is 4.26. The van der Waals surface area contributed by atoms with E-state index in [1.165, 1.54) is 12.1 Å². The molecule has 1 aromatic rings. The molecule has 0 radical (unpaired) electrons. The van der Waals surface area contributed by atoms with E-state index < -0.39 is 17.5 Å². The molecule has 0 saturated carbocycles. The molecule has 0 bridgehead atoms. The largest absolute Gasteiger partial charge is 0.492 e. The van der Waals surface area contributed by atoms with Gasteiger partial charge in [0.05, 0.1) is 6.61 Å². The number of nitrogens with zero attached hydrogens (tertiary/aromatic N) is 1. The zero-order valence-electron chi connectivity index (χ0n) is 8.04. The van der Waals surface area contributed by atoms with Crippen LogP contribution in [0.25, 0.3) is 0 Å². The third kappa shape index (κ3) is 2.20. The Balaban J connectivity index is 3.18. The smallest absolute Gasteiger partial charge is 0.369 e. The van der Waals surface area contributed by atoms with Crippen LogP contribution in [0.1, 0.15) is 12.6 Å². The average molecular weight is 216 g/mol. The second kappa shape index (κ2) is 4.20. The van der Waals surface area contributed by atoms with Gasteiger partial charge in [0, 0.05) is 6.20 Å². The number of aromatic nitrogens is 1. The second-order valence-electron chi connectivity index (χ2n) is 2.72. The molecule has 0 aliphatic rings. The van der Waals surface area contributed by atoms with E-state index in [0.717, 1.165) is 6.20 Å². The molecule has 0 fully saturated rings. The summed E-state index contributed by atoms with van der Waals surface area (Å²) in [6.45, 7) is 1.84. The Morgan fingerprint density at radius 3 is 2.87 bits per heavy atom. The molecule has 1 aromatic heterocycles. The molecule has 6 heteroatoms. The SMILES string of the molecule is CCOc1cccnc1C(F)(F)C(N)=O.